The van der Waals surface area contributed by atoms with Crippen molar-refractivity contribution in [1.29, 1.82) is 0 Å². The lowest BCUT2D eigenvalue weighted by Gasteiger charge is -2.25. The van der Waals surface area contributed by atoms with Crippen LogP contribution in [0.15, 0.2) is 194 Å². The molecule has 62 heavy (non-hydrogen) atoms. The summed E-state index contributed by atoms with van der Waals surface area (Å²) in [5.41, 5.74) is 26.2. The molecule has 0 saturated heterocycles. The van der Waals surface area contributed by atoms with Crippen LogP contribution in [-0.2, 0) is 10.8 Å². The van der Waals surface area contributed by atoms with E-state index in [1.807, 2.05) is 0 Å². The molecule has 0 saturated carbocycles. The Morgan fingerprint density at radius 2 is 0.613 bits per heavy atom. The van der Waals surface area contributed by atoms with Gasteiger partial charge in [0.25, 0.3) is 0 Å². The molecule has 0 heteroatoms. The van der Waals surface area contributed by atoms with E-state index < -0.39 is 0 Å². The van der Waals surface area contributed by atoms with E-state index >= 15 is 0 Å². The van der Waals surface area contributed by atoms with Gasteiger partial charge in [-0.1, -0.05) is 198 Å². The van der Waals surface area contributed by atoms with Crippen LogP contribution in [-0.4, -0.2) is 0 Å². The van der Waals surface area contributed by atoms with Crippen LogP contribution >= 0.6 is 0 Å². The third-order valence-electron chi connectivity index (χ3n) is 14.8. The van der Waals surface area contributed by atoms with Crippen molar-refractivity contribution in [3.63, 3.8) is 0 Å². The van der Waals surface area contributed by atoms with Crippen LogP contribution in [0.25, 0.3) is 111 Å². The molecular weight excluding hydrogens is 745 g/mol. The molecule has 10 aromatic rings. The molecule has 0 atom stereocenters. The van der Waals surface area contributed by atoms with Crippen LogP contribution in [0, 0.1) is 0 Å². The average Bonchev–Trinajstić information content (AvgIpc) is 3.85. The zero-order valence-corrected chi connectivity index (χ0v) is 35.5. The molecule has 0 aliphatic heterocycles. The fourth-order valence-corrected chi connectivity index (χ4v) is 11.7. The molecule has 13 rings (SSSR count). The van der Waals surface area contributed by atoms with Gasteiger partial charge < -0.3 is 0 Å². The Balaban J connectivity index is 1.03. The SMILES string of the molecule is CC1(C)c2cc(-c3ccccc3)ccc2-c2ccc(-c3c4c(c(-c5ccc6c(c5)C(C)(C)c5cc(-c7ccccc7)ccc5-6)c5ccccc35)-c3cccc5cccc-4c35)cc21. The molecule has 0 unspecified atom stereocenters. The van der Waals surface area contributed by atoms with E-state index in [0.717, 1.165) is 0 Å². The molecule has 10 aromatic carbocycles. The zero-order valence-electron chi connectivity index (χ0n) is 35.5. The number of hydrogen-bond acceptors (Lipinski definition) is 0. The van der Waals surface area contributed by atoms with E-state index in [4.69, 9.17) is 0 Å². The van der Waals surface area contributed by atoms with Gasteiger partial charge in [-0.05, 0) is 157 Å². The lowest BCUT2D eigenvalue weighted by molar-refractivity contribution is 0.660. The Hall–Kier alpha value is -7.28. The van der Waals surface area contributed by atoms with Gasteiger partial charge in [-0.15, -0.1) is 0 Å². The van der Waals surface area contributed by atoms with Gasteiger partial charge in [0, 0.05) is 10.8 Å². The molecular formula is C62H44. The first-order chi connectivity index (χ1) is 30.3. The van der Waals surface area contributed by atoms with Crippen LogP contribution in [0.3, 0.4) is 0 Å². The summed E-state index contributed by atoms with van der Waals surface area (Å²) in [6, 6.07) is 73.4. The quantitative estimate of drug-likeness (QED) is 0.167. The van der Waals surface area contributed by atoms with Gasteiger partial charge in [0.1, 0.15) is 0 Å². The molecule has 3 aliphatic carbocycles. The summed E-state index contributed by atoms with van der Waals surface area (Å²) in [6.07, 6.45) is 0. The molecule has 0 N–H and O–H groups in total. The first kappa shape index (κ1) is 35.5. The number of rotatable bonds is 4. The largest absolute Gasteiger partial charge is 0.0622 e. The van der Waals surface area contributed by atoms with Crippen LogP contribution in [0.5, 0.6) is 0 Å². The summed E-state index contributed by atoms with van der Waals surface area (Å²) in [4.78, 5) is 0. The summed E-state index contributed by atoms with van der Waals surface area (Å²) in [5, 5.41) is 5.23. The molecule has 0 radical (unpaired) electrons. The minimum absolute atomic E-state index is 0.163. The van der Waals surface area contributed by atoms with Crippen molar-refractivity contribution in [3.8, 4) is 89.0 Å². The lowest BCUT2D eigenvalue weighted by Crippen LogP contribution is -2.15. The van der Waals surface area contributed by atoms with Crippen LogP contribution in [0.1, 0.15) is 49.9 Å². The maximum absolute atomic E-state index is 2.53. The summed E-state index contributed by atoms with van der Waals surface area (Å²) < 4.78 is 0. The summed E-state index contributed by atoms with van der Waals surface area (Å²) in [5.74, 6) is 0. The highest BCUT2D eigenvalue weighted by Gasteiger charge is 2.39. The van der Waals surface area contributed by atoms with Crippen molar-refractivity contribution in [2.45, 2.75) is 38.5 Å². The Labute approximate surface area is 363 Å². The molecule has 292 valence electrons. The fourth-order valence-electron chi connectivity index (χ4n) is 11.7. The number of benzene rings is 10. The second-order valence-electron chi connectivity index (χ2n) is 18.8. The topological polar surface area (TPSA) is 0 Å². The Morgan fingerprint density at radius 1 is 0.258 bits per heavy atom. The third-order valence-corrected chi connectivity index (χ3v) is 14.8. The van der Waals surface area contributed by atoms with Crippen LogP contribution in [0.2, 0.25) is 0 Å². The van der Waals surface area contributed by atoms with Gasteiger partial charge in [0.2, 0.25) is 0 Å². The second-order valence-corrected chi connectivity index (χ2v) is 18.8. The summed E-state index contributed by atoms with van der Waals surface area (Å²) in [7, 11) is 0. The average molecular weight is 789 g/mol. The highest BCUT2D eigenvalue weighted by atomic mass is 14.4. The summed E-state index contributed by atoms with van der Waals surface area (Å²) >= 11 is 0. The zero-order chi connectivity index (χ0) is 41.5. The molecule has 0 spiro atoms. The minimum atomic E-state index is -0.163. The number of hydrogen-bond donors (Lipinski definition) is 0. The smallest absolute Gasteiger partial charge is 0.0159 e. The van der Waals surface area contributed by atoms with Crippen molar-refractivity contribution in [2.75, 3.05) is 0 Å². The molecule has 0 aromatic heterocycles. The Bertz CT molecular complexity index is 3310. The van der Waals surface area contributed by atoms with Gasteiger partial charge in [-0.2, -0.15) is 0 Å². The van der Waals surface area contributed by atoms with Crippen LogP contribution in [0.4, 0.5) is 0 Å². The summed E-state index contributed by atoms with van der Waals surface area (Å²) in [6.45, 7) is 9.65. The van der Waals surface area contributed by atoms with Gasteiger partial charge in [0.15, 0.2) is 0 Å². The number of fused-ring (bicyclic) bond motifs is 10. The van der Waals surface area contributed by atoms with Crippen molar-refractivity contribution >= 4 is 21.5 Å². The normalized spacial score (nSPS) is 14.4. The molecule has 0 fully saturated rings. The van der Waals surface area contributed by atoms with Gasteiger partial charge in [-0.25, -0.2) is 0 Å². The van der Waals surface area contributed by atoms with Crippen molar-refractivity contribution in [1.82, 2.24) is 0 Å². The monoisotopic (exact) mass is 788 g/mol. The van der Waals surface area contributed by atoms with Gasteiger partial charge in [-0.3, -0.25) is 0 Å². The van der Waals surface area contributed by atoms with Crippen LogP contribution < -0.4 is 0 Å². The Kier molecular flexibility index (Phi) is 7.23. The molecule has 0 heterocycles. The van der Waals surface area contributed by atoms with Gasteiger partial charge in [0.05, 0.1) is 0 Å². The predicted octanol–water partition coefficient (Wildman–Crippen LogP) is 16.9. The lowest BCUT2D eigenvalue weighted by atomic mass is 9.78. The van der Waals surface area contributed by atoms with E-state index in [1.165, 1.54) is 133 Å². The Morgan fingerprint density at radius 3 is 1.02 bits per heavy atom. The van der Waals surface area contributed by atoms with Crippen molar-refractivity contribution in [3.05, 3.63) is 216 Å². The minimum Gasteiger partial charge on any atom is -0.0622 e. The third kappa shape index (κ3) is 4.78. The maximum Gasteiger partial charge on any atom is 0.0159 e. The van der Waals surface area contributed by atoms with Gasteiger partial charge >= 0.3 is 0 Å². The molecule has 3 aliphatic rings. The second kappa shape index (κ2) is 12.6. The fraction of sp³-hybridized carbons (Fsp3) is 0.0968. The van der Waals surface area contributed by atoms with E-state index in [1.54, 1.807) is 0 Å². The first-order valence-electron chi connectivity index (χ1n) is 22.1. The van der Waals surface area contributed by atoms with E-state index in [2.05, 4.69) is 222 Å². The first-order valence-corrected chi connectivity index (χ1v) is 22.1. The predicted molar refractivity (Wildman–Crippen MR) is 263 cm³/mol. The molecule has 0 bridgehead atoms. The van der Waals surface area contributed by atoms with E-state index in [0.29, 0.717) is 0 Å². The molecule has 0 amide bonds. The molecule has 0 nitrogen and oxygen atoms in total. The van der Waals surface area contributed by atoms with E-state index in [-0.39, 0.29) is 10.8 Å². The highest BCUT2D eigenvalue weighted by Crippen LogP contribution is 2.60. The van der Waals surface area contributed by atoms with Crippen molar-refractivity contribution < 1.29 is 0 Å². The highest BCUT2D eigenvalue weighted by molar-refractivity contribution is 6.27. The standard InChI is InChI=1S/C62H44/c1-61(2)52-33-40(37-15-7-5-8-16-37)25-29-44(52)46-31-27-42(35-54(46)61)57-48-21-11-12-22-49(48)58(60-51-24-14-20-39-19-13-23-50(56(39)51)59(57)60)43-28-32-47-45-30-26-41(38-17-9-6-10-18-38)34-53(45)62(3,4)55(47)36-43/h5-36H,1-4H3. The van der Waals surface area contributed by atoms with E-state index in [9.17, 15) is 0 Å². The van der Waals surface area contributed by atoms with Crippen molar-refractivity contribution in [2.24, 2.45) is 0 Å². The maximum atomic E-state index is 2.53.